The van der Waals surface area contributed by atoms with E-state index in [-0.39, 0.29) is 5.97 Å². The van der Waals surface area contributed by atoms with Gasteiger partial charge in [-0.1, -0.05) is 26.7 Å². The van der Waals surface area contributed by atoms with E-state index in [2.05, 4.69) is 13.8 Å². The van der Waals surface area contributed by atoms with Gasteiger partial charge in [0.2, 0.25) is 0 Å². The molecule has 0 N–H and O–H groups in total. The molecule has 0 unspecified atom stereocenters. The molecular weight excluding hydrogens is 200 g/mol. The van der Waals surface area contributed by atoms with Crippen LogP contribution in [0, 0.1) is 5.92 Å². The SMILES string of the molecule is CCC(CC)CCOC(=O)C(C)(C)Cl. The van der Waals surface area contributed by atoms with Gasteiger partial charge in [0.15, 0.2) is 0 Å². The lowest BCUT2D eigenvalue weighted by Gasteiger charge is -2.16. The minimum Gasteiger partial charge on any atom is -0.464 e. The summed E-state index contributed by atoms with van der Waals surface area (Å²) in [5, 5.41) is 0. The van der Waals surface area contributed by atoms with Gasteiger partial charge in [0.25, 0.3) is 0 Å². The molecule has 0 aliphatic carbocycles. The Bertz CT molecular complexity index is 169. The van der Waals surface area contributed by atoms with Gasteiger partial charge in [0.1, 0.15) is 4.87 Å². The molecule has 0 aromatic carbocycles. The zero-order valence-electron chi connectivity index (χ0n) is 9.60. The minimum absolute atomic E-state index is 0.329. The zero-order valence-corrected chi connectivity index (χ0v) is 10.4. The van der Waals surface area contributed by atoms with Crippen molar-refractivity contribution in [3.63, 3.8) is 0 Å². The standard InChI is InChI=1S/C11H21ClO2/c1-5-9(6-2)7-8-14-10(13)11(3,4)12/h9H,5-8H2,1-4H3. The fourth-order valence-corrected chi connectivity index (χ4v) is 1.24. The van der Waals surface area contributed by atoms with Gasteiger partial charge in [-0.25, -0.2) is 0 Å². The largest absolute Gasteiger partial charge is 0.464 e. The first-order chi connectivity index (χ1) is 6.41. The fraction of sp³-hybridized carbons (Fsp3) is 0.909. The third-order valence-electron chi connectivity index (χ3n) is 2.40. The van der Waals surface area contributed by atoms with Gasteiger partial charge in [0, 0.05) is 0 Å². The van der Waals surface area contributed by atoms with Crippen LogP contribution < -0.4 is 0 Å². The molecule has 0 bridgehead atoms. The maximum Gasteiger partial charge on any atom is 0.326 e. The Hall–Kier alpha value is -0.240. The van der Waals surface area contributed by atoms with Crippen molar-refractivity contribution in [2.75, 3.05) is 6.61 Å². The summed E-state index contributed by atoms with van der Waals surface area (Å²) in [6, 6.07) is 0. The molecule has 0 heterocycles. The number of hydrogen-bond donors (Lipinski definition) is 0. The summed E-state index contributed by atoms with van der Waals surface area (Å²) in [4.78, 5) is 10.4. The van der Waals surface area contributed by atoms with E-state index in [0.717, 1.165) is 19.3 Å². The molecule has 0 saturated heterocycles. The normalized spacial score (nSPS) is 11.9. The predicted octanol–water partition coefficient (Wildman–Crippen LogP) is 3.37. The molecule has 0 spiro atoms. The van der Waals surface area contributed by atoms with Gasteiger partial charge in [-0.15, -0.1) is 11.6 Å². The van der Waals surface area contributed by atoms with Crippen molar-refractivity contribution in [2.45, 2.75) is 51.8 Å². The molecule has 2 nitrogen and oxygen atoms in total. The van der Waals surface area contributed by atoms with Crippen LogP contribution >= 0.6 is 11.6 Å². The summed E-state index contributed by atoms with van der Waals surface area (Å²) < 4.78 is 5.07. The smallest absolute Gasteiger partial charge is 0.326 e. The highest BCUT2D eigenvalue weighted by molar-refractivity contribution is 6.33. The van der Waals surface area contributed by atoms with Crippen molar-refractivity contribution in [1.82, 2.24) is 0 Å². The van der Waals surface area contributed by atoms with E-state index in [1.807, 2.05) is 0 Å². The van der Waals surface area contributed by atoms with Crippen molar-refractivity contribution in [3.05, 3.63) is 0 Å². The Balaban J connectivity index is 3.69. The second-order valence-electron chi connectivity index (χ2n) is 4.08. The van der Waals surface area contributed by atoms with Crippen LogP contribution in [0.25, 0.3) is 0 Å². The number of rotatable bonds is 6. The summed E-state index contributed by atoms with van der Waals surface area (Å²) in [7, 11) is 0. The Morgan fingerprint density at radius 3 is 2.21 bits per heavy atom. The van der Waals surface area contributed by atoms with E-state index in [1.165, 1.54) is 0 Å². The fourth-order valence-electron chi connectivity index (χ4n) is 1.19. The quantitative estimate of drug-likeness (QED) is 0.507. The van der Waals surface area contributed by atoms with E-state index < -0.39 is 4.87 Å². The van der Waals surface area contributed by atoms with E-state index in [1.54, 1.807) is 13.8 Å². The first-order valence-electron chi connectivity index (χ1n) is 5.27. The van der Waals surface area contributed by atoms with E-state index >= 15 is 0 Å². The van der Waals surface area contributed by atoms with Crippen LogP contribution in [-0.4, -0.2) is 17.5 Å². The zero-order chi connectivity index (χ0) is 11.2. The van der Waals surface area contributed by atoms with Crippen molar-refractivity contribution in [1.29, 1.82) is 0 Å². The molecule has 0 aromatic rings. The third-order valence-corrected chi connectivity index (χ3v) is 2.55. The molecule has 0 rings (SSSR count). The van der Waals surface area contributed by atoms with Crippen LogP contribution in [-0.2, 0) is 9.53 Å². The van der Waals surface area contributed by atoms with Crippen molar-refractivity contribution >= 4 is 17.6 Å². The molecule has 14 heavy (non-hydrogen) atoms. The predicted molar refractivity (Wildman–Crippen MR) is 59.6 cm³/mol. The lowest BCUT2D eigenvalue weighted by molar-refractivity contribution is -0.146. The molecule has 0 aliphatic heterocycles. The number of halogens is 1. The number of esters is 1. The molecular formula is C11H21ClO2. The Kier molecular flexibility index (Phi) is 6.17. The summed E-state index contributed by atoms with van der Waals surface area (Å²) >= 11 is 5.79. The van der Waals surface area contributed by atoms with E-state index in [9.17, 15) is 4.79 Å². The molecule has 0 radical (unpaired) electrons. The van der Waals surface area contributed by atoms with Crippen LogP contribution in [0.2, 0.25) is 0 Å². The molecule has 0 saturated carbocycles. The number of carbonyl (C=O) groups excluding carboxylic acids is 1. The Labute approximate surface area is 92.0 Å². The van der Waals surface area contributed by atoms with E-state index in [0.29, 0.717) is 12.5 Å². The molecule has 0 amide bonds. The number of ether oxygens (including phenoxy) is 1. The van der Waals surface area contributed by atoms with Crippen LogP contribution in [0.3, 0.4) is 0 Å². The average molecular weight is 221 g/mol. The van der Waals surface area contributed by atoms with Crippen LogP contribution in [0.5, 0.6) is 0 Å². The summed E-state index contributed by atoms with van der Waals surface area (Å²) in [6.45, 7) is 8.09. The van der Waals surface area contributed by atoms with Crippen LogP contribution in [0.4, 0.5) is 0 Å². The number of alkyl halides is 1. The average Bonchev–Trinajstić information content (AvgIpc) is 2.10. The van der Waals surface area contributed by atoms with Gasteiger partial charge in [-0.3, -0.25) is 4.79 Å². The molecule has 0 aromatic heterocycles. The summed E-state index contributed by atoms with van der Waals surface area (Å²) in [5.41, 5.74) is 0. The first-order valence-corrected chi connectivity index (χ1v) is 5.65. The lowest BCUT2D eigenvalue weighted by Crippen LogP contribution is -2.27. The highest BCUT2D eigenvalue weighted by Crippen LogP contribution is 2.16. The highest BCUT2D eigenvalue weighted by Gasteiger charge is 2.25. The van der Waals surface area contributed by atoms with Crippen molar-refractivity contribution in [2.24, 2.45) is 5.92 Å². The number of hydrogen-bond acceptors (Lipinski definition) is 2. The molecule has 3 heteroatoms. The monoisotopic (exact) mass is 220 g/mol. The minimum atomic E-state index is -0.895. The lowest BCUT2D eigenvalue weighted by atomic mass is 10.0. The Morgan fingerprint density at radius 1 is 1.36 bits per heavy atom. The van der Waals surface area contributed by atoms with Crippen LogP contribution in [0.15, 0.2) is 0 Å². The van der Waals surface area contributed by atoms with Gasteiger partial charge in [0.05, 0.1) is 6.61 Å². The second-order valence-corrected chi connectivity index (χ2v) is 5.02. The van der Waals surface area contributed by atoms with Crippen molar-refractivity contribution in [3.8, 4) is 0 Å². The first kappa shape index (κ1) is 13.8. The van der Waals surface area contributed by atoms with E-state index in [4.69, 9.17) is 16.3 Å². The topological polar surface area (TPSA) is 26.3 Å². The summed E-state index contributed by atoms with van der Waals surface area (Å²) in [5.74, 6) is 0.325. The third kappa shape index (κ3) is 5.48. The van der Waals surface area contributed by atoms with Crippen LogP contribution in [0.1, 0.15) is 47.0 Å². The molecule has 84 valence electrons. The van der Waals surface area contributed by atoms with Gasteiger partial charge < -0.3 is 4.74 Å². The maximum atomic E-state index is 11.3. The van der Waals surface area contributed by atoms with Gasteiger partial charge >= 0.3 is 5.97 Å². The molecule has 0 atom stereocenters. The second kappa shape index (κ2) is 6.28. The molecule has 0 aliphatic rings. The van der Waals surface area contributed by atoms with Gasteiger partial charge in [-0.05, 0) is 26.2 Å². The molecule has 0 fully saturated rings. The van der Waals surface area contributed by atoms with Crippen molar-refractivity contribution < 1.29 is 9.53 Å². The summed E-state index contributed by atoms with van der Waals surface area (Å²) in [6.07, 6.45) is 3.21. The van der Waals surface area contributed by atoms with Gasteiger partial charge in [-0.2, -0.15) is 0 Å². The maximum absolute atomic E-state index is 11.3. The Morgan fingerprint density at radius 2 is 1.86 bits per heavy atom. The highest BCUT2D eigenvalue weighted by atomic mass is 35.5. The number of carbonyl (C=O) groups is 1.